The van der Waals surface area contributed by atoms with Crippen molar-refractivity contribution in [1.29, 1.82) is 5.26 Å². The van der Waals surface area contributed by atoms with Gasteiger partial charge in [-0.2, -0.15) is 5.26 Å². The Morgan fingerprint density at radius 3 is 2.89 bits per heavy atom. The van der Waals surface area contributed by atoms with Crippen molar-refractivity contribution in [2.24, 2.45) is 4.99 Å². The topological polar surface area (TPSA) is 36.1 Å². The molecule has 0 fully saturated rings. The Labute approximate surface area is 54.8 Å². The normalized spacial score (nSPS) is 11.3. The molecule has 0 radical (unpaired) electrons. The lowest BCUT2D eigenvalue weighted by Gasteiger charge is -1.75. The van der Waals surface area contributed by atoms with Crippen molar-refractivity contribution in [3.8, 4) is 6.07 Å². The first-order chi connectivity index (χ1) is 4.31. The molecule has 0 aliphatic rings. The molecular formula is C7H8N2. The molecule has 0 unspecified atom stereocenters. The SMILES string of the molecule is C=N/C=C\C=C(/C)C#N. The zero-order valence-electron chi connectivity index (χ0n) is 5.33. The molecule has 0 saturated heterocycles. The highest BCUT2D eigenvalue weighted by atomic mass is 14.6. The van der Waals surface area contributed by atoms with Gasteiger partial charge in [0.1, 0.15) is 0 Å². The van der Waals surface area contributed by atoms with E-state index in [1.54, 1.807) is 19.1 Å². The van der Waals surface area contributed by atoms with Crippen LogP contribution in [-0.4, -0.2) is 6.72 Å². The van der Waals surface area contributed by atoms with Gasteiger partial charge in [0, 0.05) is 11.8 Å². The van der Waals surface area contributed by atoms with Crippen molar-refractivity contribution in [2.45, 2.75) is 6.92 Å². The first-order valence-corrected chi connectivity index (χ1v) is 2.50. The summed E-state index contributed by atoms with van der Waals surface area (Å²) in [6, 6.07) is 1.97. The Balaban J connectivity index is 3.86. The van der Waals surface area contributed by atoms with Crippen molar-refractivity contribution >= 4 is 6.72 Å². The van der Waals surface area contributed by atoms with Gasteiger partial charge in [0.05, 0.1) is 6.07 Å². The summed E-state index contributed by atoms with van der Waals surface area (Å²) in [6.07, 6.45) is 4.88. The Morgan fingerprint density at radius 1 is 1.78 bits per heavy atom. The number of aliphatic imine (C=N–C) groups is 1. The van der Waals surface area contributed by atoms with Gasteiger partial charge >= 0.3 is 0 Å². The largest absolute Gasteiger partial charge is 0.273 e. The van der Waals surface area contributed by atoms with E-state index in [9.17, 15) is 0 Å². The van der Waals surface area contributed by atoms with Gasteiger partial charge in [0.25, 0.3) is 0 Å². The molecule has 0 aromatic carbocycles. The lowest BCUT2D eigenvalue weighted by molar-refractivity contribution is 1.44. The highest BCUT2D eigenvalue weighted by molar-refractivity contribution is 5.28. The molecule has 0 aliphatic heterocycles. The van der Waals surface area contributed by atoms with E-state index >= 15 is 0 Å². The third-order valence-corrected chi connectivity index (χ3v) is 0.714. The second-order valence-electron chi connectivity index (χ2n) is 1.49. The van der Waals surface area contributed by atoms with Crippen LogP contribution in [0.3, 0.4) is 0 Å². The van der Waals surface area contributed by atoms with Crippen LogP contribution in [0.5, 0.6) is 0 Å². The van der Waals surface area contributed by atoms with Gasteiger partial charge in [-0.3, -0.25) is 4.99 Å². The van der Waals surface area contributed by atoms with E-state index in [1.165, 1.54) is 6.20 Å². The monoisotopic (exact) mass is 120 g/mol. The highest BCUT2D eigenvalue weighted by Gasteiger charge is 1.75. The average molecular weight is 120 g/mol. The Hall–Kier alpha value is -1.36. The Morgan fingerprint density at radius 2 is 2.44 bits per heavy atom. The maximum Gasteiger partial charge on any atom is 0.0944 e. The third kappa shape index (κ3) is 4.49. The van der Waals surface area contributed by atoms with Crippen LogP contribution >= 0.6 is 0 Å². The summed E-state index contributed by atoms with van der Waals surface area (Å²) in [5.74, 6) is 0. The second-order valence-corrected chi connectivity index (χ2v) is 1.49. The highest BCUT2D eigenvalue weighted by Crippen LogP contribution is 1.88. The smallest absolute Gasteiger partial charge is 0.0944 e. The number of hydrogen-bond acceptors (Lipinski definition) is 2. The molecular weight excluding hydrogens is 112 g/mol. The number of hydrogen-bond donors (Lipinski definition) is 0. The fourth-order valence-electron chi connectivity index (χ4n) is 0.285. The summed E-state index contributed by atoms with van der Waals surface area (Å²) in [5.41, 5.74) is 0.662. The maximum absolute atomic E-state index is 8.24. The van der Waals surface area contributed by atoms with Crippen molar-refractivity contribution in [2.75, 3.05) is 0 Å². The molecule has 0 aromatic rings. The predicted octanol–water partition coefficient (Wildman–Crippen LogP) is 1.67. The second kappa shape index (κ2) is 4.79. The molecule has 2 heteroatoms. The van der Waals surface area contributed by atoms with E-state index in [2.05, 4.69) is 11.7 Å². The van der Waals surface area contributed by atoms with Gasteiger partial charge in [-0.05, 0) is 25.8 Å². The number of allylic oxidation sites excluding steroid dienone is 3. The van der Waals surface area contributed by atoms with E-state index in [4.69, 9.17) is 5.26 Å². The molecule has 0 aliphatic carbocycles. The zero-order chi connectivity index (χ0) is 7.11. The minimum absolute atomic E-state index is 0.662. The third-order valence-electron chi connectivity index (χ3n) is 0.714. The van der Waals surface area contributed by atoms with Gasteiger partial charge < -0.3 is 0 Å². The lowest BCUT2D eigenvalue weighted by Crippen LogP contribution is -1.62. The van der Waals surface area contributed by atoms with E-state index < -0.39 is 0 Å². The quantitative estimate of drug-likeness (QED) is 0.310. The van der Waals surface area contributed by atoms with Crippen LogP contribution in [0, 0.1) is 11.3 Å². The molecule has 2 nitrogen and oxygen atoms in total. The standard InChI is InChI=1S/C7H8N2/c1-7(6-8)4-3-5-9-2/h3-5H,2H2,1H3/b5-3-,7-4+. The molecule has 46 valence electrons. The predicted molar refractivity (Wildman–Crippen MR) is 38.1 cm³/mol. The van der Waals surface area contributed by atoms with Crippen LogP contribution in [0.2, 0.25) is 0 Å². The fourth-order valence-corrected chi connectivity index (χ4v) is 0.285. The first-order valence-electron chi connectivity index (χ1n) is 2.50. The van der Waals surface area contributed by atoms with Crippen LogP contribution in [0.25, 0.3) is 0 Å². The molecule has 0 atom stereocenters. The minimum Gasteiger partial charge on any atom is -0.273 e. The summed E-state index contributed by atoms with van der Waals surface area (Å²) in [5, 5.41) is 8.24. The van der Waals surface area contributed by atoms with E-state index in [1.807, 2.05) is 6.07 Å². The van der Waals surface area contributed by atoms with Crippen molar-refractivity contribution < 1.29 is 0 Å². The molecule has 0 saturated carbocycles. The molecule has 0 N–H and O–H groups in total. The molecule has 0 heterocycles. The van der Waals surface area contributed by atoms with E-state index in [0.29, 0.717) is 5.57 Å². The van der Waals surface area contributed by atoms with E-state index in [0.717, 1.165) is 0 Å². The number of nitriles is 1. The van der Waals surface area contributed by atoms with Crippen molar-refractivity contribution in [3.05, 3.63) is 23.9 Å². The van der Waals surface area contributed by atoms with Gasteiger partial charge in [-0.1, -0.05) is 0 Å². The summed E-state index contributed by atoms with van der Waals surface area (Å²) < 4.78 is 0. The summed E-state index contributed by atoms with van der Waals surface area (Å²) in [7, 11) is 0. The number of nitrogens with zero attached hydrogens (tertiary/aromatic N) is 2. The van der Waals surface area contributed by atoms with Gasteiger partial charge in [0.15, 0.2) is 0 Å². The fraction of sp³-hybridized carbons (Fsp3) is 0.143. The maximum atomic E-state index is 8.24. The summed E-state index contributed by atoms with van der Waals surface area (Å²) in [4.78, 5) is 3.46. The molecule has 0 spiro atoms. The van der Waals surface area contributed by atoms with Crippen LogP contribution < -0.4 is 0 Å². The zero-order valence-corrected chi connectivity index (χ0v) is 5.33. The number of rotatable bonds is 2. The molecule has 0 amide bonds. The molecule has 9 heavy (non-hydrogen) atoms. The molecule has 0 rings (SSSR count). The van der Waals surface area contributed by atoms with Crippen molar-refractivity contribution in [1.82, 2.24) is 0 Å². The average Bonchev–Trinajstić information content (AvgIpc) is 1.89. The minimum atomic E-state index is 0.662. The van der Waals surface area contributed by atoms with Crippen LogP contribution in [0.15, 0.2) is 28.9 Å². The summed E-state index contributed by atoms with van der Waals surface area (Å²) in [6.45, 7) is 4.96. The first kappa shape index (κ1) is 7.64. The molecule has 0 aromatic heterocycles. The van der Waals surface area contributed by atoms with Gasteiger partial charge in [-0.15, -0.1) is 0 Å². The Kier molecular flexibility index (Phi) is 4.07. The van der Waals surface area contributed by atoms with Crippen LogP contribution in [0.1, 0.15) is 6.92 Å². The van der Waals surface area contributed by atoms with Crippen LogP contribution in [0.4, 0.5) is 0 Å². The van der Waals surface area contributed by atoms with Gasteiger partial charge in [-0.25, -0.2) is 0 Å². The van der Waals surface area contributed by atoms with Crippen LogP contribution in [-0.2, 0) is 0 Å². The van der Waals surface area contributed by atoms with E-state index in [-0.39, 0.29) is 0 Å². The molecule has 0 bridgehead atoms. The van der Waals surface area contributed by atoms with Crippen molar-refractivity contribution in [3.63, 3.8) is 0 Å². The lowest BCUT2D eigenvalue weighted by atomic mass is 10.3. The van der Waals surface area contributed by atoms with Gasteiger partial charge in [0.2, 0.25) is 0 Å². The Bertz CT molecular complexity index is 182. The summed E-state index contributed by atoms with van der Waals surface area (Å²) >= 11 is 0.